The van der Waals surface area contributed by atoms with Crippen LogP contribution in [0.3, 0.4) is 0 Å². The van der Waals surface area contributed by atoms with Gasteiger partial charge in [-0.25, -0.2) is 0 Å². The van der Waals surface area contributed by atoms with Gasteiger partial charge in [0.25, 0.3) is 5.91 Å². The molecular formula is C12H17ClN2O. The Morgan fingerprint density at radius 3 is 2.69 bits per heavy atom. The predicted octanol–water partition coefficient (Wildman–Crippen LogP) is 2.84. The van der Waals surface area contributed by atoms with Crippen molar-refractivity contribution in [2.45, 2.75) is 32.7 Å². The van der Waals surface area contributed by atoms with E-state index in [4.69, 9.17) is 17.3 Å². The lowest BCUT2D eigenvalue weighted by molar-refractivity contribution is 0.0912. The fraction of sp³-hybridized carbons (Fsp3) is 0.417. The summed E-state index contributed by atoms with van der Waals surface area (Å²) in [6.45, 7) is 5.94. The second-order valence-electron chi connectivity index (χ2n) is 4.42. The van der Waals surface area contributed by atoms with Crippen molar-refractivity contribution in [3.05, 3.63) is 28.8 Å². The van der Waals surface area contributed by atoms with E-state index in [0.29, 0.717) is 16.3 Å². The number of hydrogen-bond acceptors (Lipinski definition) is 2. The van der Waals surface area contributed by atoms with Crippen molar-refractivity contribution in [2.75, 3.05) is 5.73 Å². The first kappa shape index (κ1) is 12.8. The average Bonchev–Trinajstić information content (AvgIpc) is 2.21. The van der Waals surface area contributed by atoms with Gasteiger partial charge in [-0.15, -0.1) is 0 Å². The van der Waals surface area contributed by atoms with Crippen LogP contribution in [-0.2, 0) is 0 Å². The Morgan fingerprint density at radius 1 is 1.50 bits per heavy atom. The van der Waals surface area contributed by atoms with E-state index in [1.54, 1.807) is 18.2 Å². The summed E-state index contributed by atoms with van der Waals surface area (Å²) in [7, 11) is 0. The molecule has 0 aliphatic rings. The third-order valence-corrected chi connectivity index (χ3v) is 2.83. The van der Waals surface area contributed by atoms with Gasteiger partial charge in [0.05, 0.1) is 5.56 Å². The Morgan fingerprint density at radius 2 is 2.12 bits per heavy atom. The maximum Gasteiger partial charge on any atom is 0.253 e. The van der Waals surface area contributed by atoms with Crippen LogP contribution in [0.25, 0.3) is 0 Å². The number of halogens is 1. The monoisotopic (exact) mass is 240 g/mol. The number of hydrogen-bond donors (Lipinski definition) is 2. The maximum atomic E-state index is 11.9. The van der Waals surface area contributed by atoms with Crippen LogP contribution in [0.2, 0.25) is 5.02 Å². The molecule has 1 aromatic carbocycles. The van der Waals surface area contributed by atoms with Crippen molar-refractivity contribution in [3.8, 4) is 0 Å². The molecule has 0 heterocycles. The highest BCUT2D eigenvalue weighted by Crippen LogP contribution is 2.19. The number of nitrogen functional groups attached to an aromatic ring is 1. The van der Waals surface area contributed by atoms with Gasteiger partial charge in [-0.2, -0.15) is 0 Å². The number of nitrogens with one attached hydrogen (secondary N) is 1. The molecule has 3 N–H and O–H groups in total. The number of anilines is 1. The van der Waals surface area contributed by atoms with E-state index in [1.165, 1.54) is 0 Å². The van der Waals surface area contributed by atoms with Gasteiger partial charge in [0.15, 0.2) is 0 Å². The minimum atomic E-state index is -0.244. The topological polar surface area (TPSA) is 55.1 Å². The van der Waals surface area contributed by atoms with Crippen molar-refractivity contribution in [1.29, 1.82) is 0 Å². The molecule has 1 amide bonds. The van der Waals surface area contributed by atoms with Gasteiger partial charge in [-0.05, 0) is 38.5 Å². The van der Waals surface area contributed by atoms with Gasteiger partial charge < -0.3 is 11.1 Å². The van der Waals surface area contributed by atoms with Crippen LogP contribution in [0.5, 0.6) is 0 Å². The number of nitrogens with two attached hydrogens (primary N) is 1. The standard InChI is InChI=1S/C12H17ClN2O/c1-4-12(2,3)15-11(16)9-7-8(13)5-6-10(9)14/h5-7H,4,14H2,1-3H3,(H,15,16). The summed E-state index contributed by atoms with van der Waals surface area (Å²) >= 11 is 5.83. The predicted molar refractivity (Wildman–Crippen MR) is 67.7 cm³/mol. The Labute approximate surface area is 101 Å². The van der Waals surface area contributed by atoms with Crippen LogP contribution < -0.4 is 11.1 Å². The van der Waals surface area contributed by atoms with Crippen molar-refractivity contribution in [2.24, 2.45) is 0 Å². The molecule has 0 spiro atoms. The van der Waals surface area contributed by atoms with Crippen LogP contribution in [0.15, 0.2) is 18.2 Å². The normalized spacial score (nSPS) is 11.2. The van der Waals surface area contributed by atoms with E-state index in [1.807, 2.05) is 20.8 Å². The van der Waals surface area contributed by atoms with E-state index in [2.05, 4.69) is 5.32 Å². The molecule has 0 radical (unpaired) electrons. The smallest absolute Gasteiger partial charge is 0.253 e. The van der Waals surface area contributed by atoms with Gasteiger partial charge in [-0.1, -0.05) is 18.5 Å². The van der Waals surface area contributed by atoms with Gasteiger partial charge in [0.1, 0.15) is 0 Å². The highest BCUT2D eigenvalue weighted by atomic mass is 35.5. The molecule has 3 nitrogen and oxygen atoms in total. The first-order valence-electron chi connectivity index (χ1n) is 5.23. The average molecular weight is 241 g/mol. The first-order valence-corrected chi connectivity index (χ1v) is 5.61. The summed E-state index contributed by atoms with van der Waals surface area (Å²) in [4.78, 5) is 11.9. The molecule has 0 aromatic heterocycles. The summed E-state index contributed by atoms with van der Waals surface area (Å²) in [5.74, 6) is -0.188. The number of carbonyl (C=O) groups is 1. The molecule has 1 rings (SSSR count). The molecule has 16 heavy (non-hydrogen) atoms. The summed E-state index contributed by atoms with van der Waals surface area (Å²) < 4.78 is 0. The number of benzene rings is 1. The number of amides is 1. The van der Waals surface area contributed by atoms with E-state index in [0.717, 1.165) is 6.42 Å². The molecular weight excluding hydrogens is 224 g/mol. The summed E-state index contributed by atoms with van der Waals surface area (Å²) in [6.07, 6.45) is 0.846. The van der Waals surface area contributed by atoms with Crippen molar-refractivity contribution in [3.63, 3.8) is 0 Å². The zero-order valence-electron chi connectivity index (χ0n) is 9.80. The molecule has 0 bridgehead atoms. The summed E-state index contributed by atoms with van der Waals surface area (Å²) in [5.41, 5.74) is 6.35. The van der Waals surface area contributed by atoms with E-state index in [-0.39, 0.29) is 11.4 Å². The maximum absolute atomic E-state index is 11.9. The van der Waals surface area contributed by atoms with E-state index < -0.39 is 0 Å². The molecule has 0 saturated carbocycles. The van der Waals surface area contributed by atoms with Crippen LogP contribution in [0.1, 0.15) is 37.6 Å². The largest absolute Gasteiger partial charge is 0.398 e. The van der Waals surface area contributed by atoms with Gasteiger partial charge in [0.2, 0.25) is 0 Å². The highest BCUT2D eigenvalue weighted by Gasteiger charge is 2.20. The van der Waals surface area contributed by atoms with Crippen molar-refractivity contribution < 1.29 is 4.79 Å². The van der Waals surface area contributed by atoms with Gasteiger partial charge in [-0.3, -0.25) is 4.79 Å². The fourth-order valence-corrected chi connectivity index (χ4v) is 1.36. The number of rotatable bonds is 3. The second-order valence-corrected chi connectivity index (χ2v) is 4.86. The quantitative estimate of drug-likeness (QED) is 0.799. The lowest BCUT2D eigenvalue weighted by Crippen LogP contribution is -2.43. The Balaban J connectivity index is 2.93. The second kappa shape index (κ2) is 4.74. The van der Waals surface area contributed by atoms with Crippen LogP contribution >= 0.6 is 11.6 Å². The van der Waals surface area contributed by atoms with Crippen LogP contribution in [0.4, 0.5) is 5.69 Å². The zero-order valence-corrected chi connectivity index (χ0v) is 10.6. The van der Waals surface area contributed by atoms with E-state index >= 15 is 0 Å². The van der Waals surface area contributed by atoms with Crippen molar-refractivity contribution in [1.82, 2.24) is 5.32 Å². The number of carbonyl (C=O) groups excluding carboxylic acids is 1. The lowest BCUT2D eigenvalue weighted by Gasteiger charge is -2.24. The Kier molecular flexibility index (Phi) is 3.81. The molecule has 4 heteroatoms. The van der Waals surface area contributed by atoms with Crippen LogP contribution in [0, 0.1) is 0 Å². The first-order chi connectivity index (χ1) is 7.35. The van der Waals surface area contributed by atoms with Crippen LogP contribution in [-0.4, -0.2) is 11.4 Å². The molecule has 1 aromatic rings. The lowest BCUT2D eigenvalue weighted by atomic mass is 10.0. The minimum Gasteiger partial charge on any atom is -0.398 e. The molecule has 0 aliphatic heterocycles. The fourth-order valence-electron chi connectivity index (χ4n) is 1.19. The minimum absolute atomic E-state index is 0.188. The highest BCUT2D eigenvalue weighted by molar-refractivity contribution is 6.31. The molecule has 0 fully saturated rings. The van der Waals surface area contributed by atoms with Gasteiger partial charge >= 0.3 is 0 Å². The van der Waals surface area contributed by atoms with Crippen molar-refractivity contribution >= 4 is 23.2 Å². The molecule has 0 unspecified atom stereocenters. The summed E-state index contributed by atoms with van der Waals surface area (Å²) in [6, 6.07) is 4.88. The Hall–Kier alpha value is -1.22. The van der Waals surface area contributed by atoms with E-state index in [9.17, 15) is 4.79 Å². The Bertz CT molecular complexity index is 402. The third kappa shape index (κ3) is 3.14. The van der Waals surface area contributed by atoms with Gasteiger partial charge in [0, 0.05) is 16.2 Å². The zero-order chi connectivity index (χ0) is 12.3. The molecule has 0 atom stereocenters. The molecule has 0 aliphatic carbocycles. The molecule has 0 saturated heterocycles. The molecule has 88 valence electrons. The summed E-state index contributed by atoms with van der Waals surface area (Å²) in [5, 5.41) is 3.42. The third-order valence-electron chi connectivity index (χ3n) is 2.60. The SMILES string of the molecule is CCC(C)(C)NC(=O)c1cc(Cl)ccc1N.